The Morgan fingerprint density at radius 2 is 1.35 bits per heavy atom. The van der Waals surface area contributed by atoms with Crippen LogP contribution in [0.5, 0.6) is 0 Å². The van der Waals surface area contributed by atoms with Crippen LogP contribution in [0, 0.1) is 6.92 Å². The van der Waals surface area contributed by atoms with Gasteiger partial charge in [-0.3, -0.25) is 28.0 Å². The summed E-state index contributed by atoms with van der Waals surface area (Å²) < 4.78 is 48.3. The molecule has 0 saturated carbocycles. The molecule has 6 rings (SSSR count). The van der Waals surface area contributed by atoms with Crippen molar-refractivity contribution < 1.29 is 46.7 Å². The van der Waals surface area contributed by atoms with Crippen LogP contribution in [0.1, 0.15) is 252 Å². The zero-order valence-corrected chi connectivity index (χ0v) is 52.3. The average molecular weight is 1140 g/mol. The number of ketones is 1. The molecule has 8 bridgehead atoms. The molecular weight excluding hydrogens is 1040 g/mol. The van der Waals surface area contributed by atoms with Gasteiger partial charge in [0.15, 0.2) is 11.9 Å². The van der Waals surface area contributed by atoms with Gasteiger partial charge < -0.3 is 29.1 Å². The van der Waals surface area contributed by atoms with Crippen molar-refractivity contribution in [1.29, 1.82) is 0 Å². The van der Waals surface area contributed by atoms with Gasteiger partial charge in [0.05, 0.1) is 42.1 Å². The minimum atomic E-state index is -4.05. The highest BCUT2D eigenvalue weighted by atomic mass is 31.2. The molecule has 2 aromatic rings. The van der Waals surface area contributed by atoms with Crippen molar-refractivity contribution in [1.82, 2.24) is 24.8 Å². The number of H-pyrrole nitrogens is 2. The van der Waals surface area contributed by atoms with Crippen molar-refractivity contribution in [3.8, 4) is 0 Å². The number of unbranched alkanes of at least 4 members (excludes halogenated alkanes) is 17. The average Bonchev–Trinajstić information content (AvgIpc) is 3.98. The first-order chi connectivity index (χ1) is 39.0. The van der Waals surface area contributed by atoms with E-state index in [1.54, 1.807) is 0 Å². The highest BCUT2D eigenvalue weighted by molar-refractivity contribution is 7.48. The van der Waals surface area contributed by atoms with Gasteiger partial charge >= 0.3 is 19.8 Å². The molecular formula is C65H100N5O10P. The largest absolute Gasteiger partial charge is 0.474 e. The first-order valence-electron chi connectivity index (χ1n) is 31.1. The van der Waals surface area contributed by atoms with E-state index in [1.807, 2.05) is 25.9 Å². The van der Waals surface area contributed by atoms with Crippen LogP contribution in [0.15, 0.2) is 18.2 Å². The lowest BCUT2D eigenvalue weighted by Gasteiger charge is -2.22. The number of Topliss-reactive ketones (excluding diaryl/α,β-unsaturated/α-hetero) is 1. The van der Waals surface area contributed by atoms with Crippen LogP contribution < -0.4 is 0 Å². The SMILES string of the molecule is CCCCCCCCCCCCCCCC(=O)OCC(COP(=O)(OC)OCCN(C)C)OC(=O)CCC1c2[nH]c(cc3nc(cc4[nH]c(cc5nc6c2CC(=O)C6=C5C)c(CC)c4C)C(C(C)OCCCCCCCC)=C3C)C1C. The van der Waals surface area contributed by atoms with E-state index in [0.717, 1.165) is 106 Å². The maximum Gasteiger partial charge on any atom is 0.474 e. The Kier molecular flexibility index (Phi) is 26.8. The summed E-state index contributed by atoms with van der Waals surface area (Å²) in [5.41, 5.74) is 13.5. The second kappa shape index (κ2) is 33.1. The maximum atomic E-state index is 14.1. The number of aryl methyl sites for hydroxylation is 2. The molecule has 0 amide bonds. The minimum absolute atomic E-state index is 0.0130. The predicted octanol–water partition coefficient (Wildman–Crippen LogP) is 15.6. The Morgan fingerprint density at radius 1 is 0.728 bits per heavy atom. The molecule has 5 heterocycles. The molecule has 5 unspecified atom stereocenters. The van der Waals surface area contributed by atoms with E-state index in [2.05, 4.69) is 76.6 Å². The number of esters is 2. The molecule has 1 aliphatic carbocycles. The minimum Gasteiger partial charge on any atom is -0.462 e. The fourth-order valence-electron chi connectivity index (χ4n) is 11.8. The van der Waals surface area contributed by atoms with E-state index in [9.17, 15) is 18.9 Å². The van der Waals surface area contributed by atoms with Gasteiger partial charge in [-0.2, -0.15) is 0 Å². The van der Waals surface area contributed by atoms with Crippen molar-refractivity contribution in [3.63, 3.8) is 0 Å². The summed E-state index contributed by atoms with van der Waals surface area (Å²) in [7, 11) is 0.914. The van der Waals surface area contributed by atoms with Crippen LogP contribution in [0.4, 0.5) is 0 Å². The fraction of sp³-hybridized carbons (Fsp3) is 0.677. The quantitative estimate of drug-likeness (QED) is 0.0368. The molecule has 2 aromatic heterocycles. The second-order valence-corrected chi connectivity index (χ2v) is 25.0. The number of carbonyl (C=O) groups is 3. The molecule has 15 nitrogen and oxygen atoms in total. The first-order valence-corrected chi connectivity index (χ1v) is 32.6. The lowest BCUT2D eigenvalue weighted by Crippen LogP contribution is -2.30. The summed E-state index contributed by atoms with van der Waals surface area (Å²) in [5.74, 6) is -1.32. The molecule has 0 spiro atoms. The van der Waals surface area contributed by atoms with Gasteiger partial charge in [0.1, 0.15) is 6.61 Å². The molecule has 0 fully saturated rings. The molecule has 2 N–H and O–H groups in total. The van der Waals surface area contributed by atoms with Gasteiger partial charge in [-0.15, -0.1) is 0 Å². The summed E-state index contributed by atoms with van der Waals surface area (Å²) in [6.07, 6.45) is 22.9. The van der Waals surface area contributed by atoms with Crippen molar-refractivity contribution in [2.45, 2.75) is 234 Å². The van der Waals surface area contributed by atoms with Gasteiger partial charge in [0, 0.05) is 90.5 Å². The number of ether oxygens (including phenoxy) is 3. The van der Waals surface area contributed by atoms with Crippen LogP contribution in [-0.2, 0) is 59.6 Å². The van der Waals surface area contributed by atoms with Gasteiger partial charge in [0.25, 0.3) is 0 Å². The molecule has 0 radical (unpaired) electrons. The second-order valence-electron chi connectivity index (χ2n) is 23.2. The van der Waals surface area contributed by atoms with E-state index < -0.39 is 25.9 Å². The zero-order chi connectivity index (χ0) is 58.5. The molecule has 16 heteroatoms. The normalized spacial score (nSPS) is 17.1. The number of aromatic amines is 2. The summed E-state index contributed by atoms with van der Waals surface area (Å²) in [6.45, 7) is 17.7. The van der Waals surface area contributed by atoms with Crippen molar-refractivity contribution in [2.75, 3.05) is 54.2 Å². The Balaban J connectivity index is 1.23. The van der Waals surface area contributed by atoms with E-state index in [0.29, 0.717) is 37.3 Å². The standard InChI is InChI=1S/C65H100N5O10P/c1-12-15-17-19-21-22-23-24-25-26-27-28-30-32-60(72)77-42-49(43-79-81(74,75-11)78-37-35-70(9)10)80-61(73)34-33-51-45(5)54-39-55-46(6)62(48(8)76-36-31-29-20-18-16-13-2)58(67-55)41-53-44(4)50(14-3)57(66-53)40-56-47(7)63-59(71)38-52(64(51)68-54)65(63)69-56/h39-41,45,48-49,51,66,68H,12-38,42-43H2,1-11H3. The lowest BCUT2D eigenvalue weighted by molar-refractivity contribution is -0.161. The monoisotopic (exact) mass is 1140 g/mol. The number of likely N-dealkylation sites (N-methyl/N-ethyl adjacent to an activating group) is 1. The number of hydrogen-bond donors (Lipinski definition) is 2. The van der Waals surface area contributed by atoms with Crippen molar-refractivity contribution in [2.24, 2.45) is 0 Å². The maximum absolute atomic E-state index is 14.1. The summed E-state index contributed by atoms with van der Waals surface area (Å²) in [6, 6.07) is 6.34. The van der Waals surface area contributed by atoms with Crippen LogP contribution in [0.2, 0.25) is 0 Å². The zero-order valence-electron chi connectivity index (χ0n) is 51.4. The number of carbonyl (C=O) groups excluding carboxylic acids is 3. The first kappa shape index (κ1) is 65.7. The summed E-state index contributed by atoms with van der Waals surface area (Å²) >= 11 is 0. The van der Waals surface area contributed by atoms with Gasteiger partial charge in [-0.1, -0.05) is 137 Å². The predicted molar refractivity (Wildman–Crippen MR) is 326 cm³/mol. The molecule has 0 aromatic carbocycles. The lowest BCUT2D eigenvalue weighted by atomic mass is 9.85. The Labute approximate surface area is 485 Å². The van der Waals surface area contributed by atoms with Crippen molar-refractivity contribution in [3.05, 3.63) is 69.1 Å². The number of nitrogens with zero attached hydrogens (tertiary/aromatic N) is 3. The fourth-order valence-corrected chi connectivity index (χ4v) is 12.7. The topological polar surface area (TPSA) is 184 Å². The summed E-state index contributed by atoms with van der Waals surface area (Å²) in [5, 5.41) is 0. The van der Waals surface area contributed by atoms with Crippen LogP contribution >= 0.6 is 7.82 Å². The molecule has 0 saturated heterocycles. The summed E-state index contributed by atoms with van der Waals surface area (Å²) in [4.78, 5) is 61.3. The molecule has 450 valence electrons. The molecule has 4 aliphatic rings. The van der Waals surface area contributed by atoms with Gasteiger partial charge in [-0.05, 0) is 108 Å². The number of nitrogens with one attached hydrogen (secondary N) is 2. The van der Waals surface area contributed by atoms with Gasteiger partial charge in [-0.25, -0.2) is 14.5 Å². The van der Waals surface area contributed by atoms with E-state index >= 15 is 0 Å². The van der Waals surface area contributed by atoms with E-state index in [-0.39, 0.29) is 62.8 Å². The number of aromatic nitrogens is 4. The third-order valence-corrected chi connectivity index (χ3v) is 18.1. The van der Waals surface area contributed by atoms with Crippen LogP contribution in [0.3, 0.4) is 0 Å². The third-order valence-electron chi connectivity index (χ3n) is 16.7. The number of hydrogen-bond acceptors (Lipinski definition) is 13. The van der Waals surface area contributed by atoms with Crippen LogP contribution in [-0.4, -0.2) is 109 Å². The Morgan fingerprint density at radius 3 is 1.98 bits per heavy atom. The number of allylic oxidation sites excluding steroid dienone is 3. The van der Waals surface area contributed by atoms with E-state index in [1.165, 1.54) is 96.1 Å². The highest BCUT2D eigenvalue weighted by Crippen LogP contribution is 2.49. The Hall–Kier alpha value is -4.50. The number of fused-ring (bicyclic) bond motifs is 8. The highest BCUT2D eigenvalue weighted by Gasteiger charge is 2.39. The molecule has 3 aliphatic heterocycles. The number of phosphoric acid groups is 1. The molecule has 81 heavy (non-hydrogen) atoms. The Bertz CT molecular complexity index is 2740. The van der Waals surface area contributed by atoms with Crippen molar-refractivity contribution >= 4 is 58.9 Å². The molecule has 5 atom stereocenters. The van der Waals surface area contributed by atoms with E-state index in [4.69, 9.17) is 37.7 Å². The smallest absolute Gasteiger partial charge is 0.462 e. The van der Waals surface area contributed by atoms with Crippen LogP contribution in [0.25, 0.3) is 33.3 Å². The third kappa shape index (κ3) is 18.7. The number of phosphoric ester groups is 1. The van der Waals surface area contributed by atoms with Gasteiger partial charge in [0.2, 0.25) is 0 Å². The number of rotatable bonds is 38.